The van der Waals surface area contributed by atoms with Crippen LogP contribution in [0.25, 0.3) is 0 Å². The Morgan fingerprint density at radius 2 is 1.79 bits per heavy atom. The number of carbonyl (C=O) groups excluding carboxylic acids is 1. The number of unbranched alkanes of at least 4 members (excludes halogenated alkanes) is 1. The highest BCUT2D eigenvalue weighted by atomic mass is 32.2. The van der Waals surface area contributed by atoms with Crippen LogP contribution in [0.1, 0.15) is 45.1 Å². The molecule has 1 amide bonds. The van der Waals surface area contributed by atoms with E-state index >= 15 is 0 Å². The normalized spacial score (nSPS) is 21.3. The molecule has 2 aliphatic rings. The van der Waals surface area contributed by atoms with Crippen molar-refractivity contribution in [3.63, 3.8) is 0 Å². The molecular formula is C32H48N4O9S2. The summed E-state index contributed by atoms with van der Waals surface area (Å²) in [6.45, 7) is 4.62. The Bertz CT molecular complexity index is 1520. The number of hydrogen-bond acceptors (Lipinski definition) is 10. The second-order valence-electron chi connectivity index (χ2n) is 13.1. The van der Waals surface area contributed by atoms with Crippen molar-refractivity contribution < 1.29 is 40.9 Å². The van der Waals surface area contributed by atoms with E-state index in [0.717, 1.165) is 11.8 Å². The monoisotopic (exact) mass is 696 g/mol. The molecule has 2 aromatic carbocycles. The molecule has 5 N–H and O–H groups in total. The quantitative estimate of drug-likeness (QED) is 0.141. The first kappa shape index (κ1) is 37.0. The first-order valence-electron chi connectivity index (χ1n) is 15.9. The average Bonchev–Trinajstić information content (AvgIpc) is 3.61. The van der Waals surface area contributed by atoms with Crippen LogP contribution in [0.5, 0.6) is 0 Å². The molecule has 262 valence electrons. The third-order valence-corrected chi connectivity index (χ3v) is 11.0. The summed E-state index contributed by atoms with van der Waals surface area (Å²) in [6.07, 6.45) is 0.911. The second kappa shape index (κ2) is 16.1. The zero-order valence-electron chi connectivity index (χ0n) is 27.2. The number of rotatable bonds is 17. The number of carbonyl (C=O) groups is 1. The van der Waals surface area contributed by atoms with E-state index in [-0.39, 0.29) is 43.5 Å². The molecule has 0 unspecified atom stereocenters. The number of sulfonamides is 2. The lowest BCUT2D eigenvalue weighted by molar-refractivity contribution is -0.0907. The molecule has 15 heteroatoms. The first-order chi connectivity index (χ1) is 22.1. The molecule has 2 aromatic rings. The van der Waals surface area contributed by atoms with E-state index in [2.05, 4.69) is 10.0 Å². The van der Waals surface area contributed by atoms with Crippen molar-refractivity contribution >= 4 is 31.8 Å². The highest BCUT2D eigenvalue weighted by Crippen LogP contribution is 2.33. The Morgan fingerprint density at radius 1 is 1.09 bits per heavy atom. The van der Waals surface area contributed by atoms with Gasteiger partial charge in [-0.3, -0.25) is 0 Å². The number of nitrogens with zero attached hydrogens (tertiary/aromatic N) is 1. The summed E-state index contributed by atoms with van der Waals surface area (Å²) in [4.78, 5) is 13.2. The van der Waals surface area contributed by atoms with Crippen molar-refractivity contribution in [2.24, 2.45) is 11.3 Å². The number of benzene rings is 2. The minimum absolute atomic E-state index is 0.0219. The standard InChI is InChI=1S/C32H48N4O9S2/c1-32(2,16-7-8-17-34-46(3,39)40)22-36(47(41,42)25-13-11-24(33)12-14-25)20-28(37)27(19-23-9-5-4-6-10-23)35-31(38)45-29-21-44-30-26(29)15-18-43-30/h4-6,9-14,26-30,34,37H,7-8,15-22,33H2,1-3H3,(H,35,38)/t26-,27-,28+,29-,30+/m0/s1. The molecule has 0 aliphatic carbocycles. The van der Waals surface area contributed by atoms with Crippen LogP contribution in [0.3, 0.4) is 0 Å². The van der Waals surface area contributed by atoms with E-state index < -0.39 is 56.1 Å². The number of ether oxygens (including phenoxy) is 3. The van der Waals surface area contributed by atoms with Gasteiger partial charge in [0.25, 0.3) is 0 Å². The number of nitrogen functional groups attached to an aromatic ring is 1. The lowest BCUT2D eigenvalue weighted by Gasteiger charge is -2.35. The number of hydrogen-bond donors (Lipinski definition) is 4. The largest absolute Gasteiger partial charge is 0.443 e. The smallest absolute Gasteiger partial charge is 0.407 e. The van der Waals surface area contributed by atoms with Gasteiger partial charge in [0.2, 0.25) is 20.0 Å². The van der Waals surface area contributed by atoms with Crippen LogP contribution < -0.4 is 15.8 Å². The van der Waals surface area contributed by atoms with Crippen LogP contribution in [0, 0.1) is 11.3 Å². The molecule has 47 heavy (non-hydrogen) atoms. The Balaban J connectivity index is 1.52. The summed E-state index contributed by atoms with van der Waals surface area (Å²) >= 11 is 0. The number of aliphatic hydroxyl groups is 1. The summed E-state index contributed by atoms with van der Waals surface area (Å²) in [7, 11) is -7.41. The van der Waals surface area contributed by atoms with E-state index in [0.29, 0.717) is 38.0 Å². The number of amides is 1. The molecular weight excluding hydrogens is 649 g/mol. The Hall–Kier alpha value is -2.79. The van der Waals surface area contributed by atoms with Crippen molar-refractivity contribution in [3.05, 3.63) is 60.2 Å². The molecule has 0 spiro atoms. The summed E-state index contributed by atoms with van der Waals surface area (Å²) in [5, 5.41) is 14.5. The van der Waals surface area contributed by atoms with E-state index in [4.69, 9.17) is 19.9 Å². The summed E-state index contributed by atoms with van der Waals surface area (Å²) in [6, 6.07) is 14.2. The van der Waals surface area contributed by atoms with Crippen LogP contribution in [0.4, 0.5) is 10.5 Å². The second-order valence-corrected chi connectivity index (χ2v) is 16.9. The van der Waals surface area contributed by atoms with Crippen LogP contribution in [-0.2, 0) is 40.7 Å². The molecule has 2 saturated heterocycles. The number of anilines is 1. The highest BCUT2D eigenvalue weighted by molar-refractivity contribution is 7.89. The molecule has 0 bridgehead atoms. The van der Waals surface area contributed by atoms with Gasteiger partial charge in [-0.05, 0) is 60.9 Å². The van der Waals surface area contributed by atoms with E-state index in [1.165, 1.54) is 28.6 Å². The molecule has 2 heterocycles. The molecule has 13 nitrogen and oxygen atoms in total. The fourth-order valence-corrected chi connectivity index (χ4v) is 8.10. The average molecular weight is 697 g/mol. The van der Waals surface area contributed by atoms with Crippen LogP contribution in [-0.4, -0.2) is 96.0 Å². The van der Waals surface area contributed by atoms with E-state index in [1.54, 1.807) is 0 Å². The number of aliphatic hydroxyl groups excluding tert-OH is 1. The Labute approximate surface area is 278 Å². The zero-order valence-corrected chi connectivity index (χ0v) is 28.8. The van der Waals surface area contributed by atoms with Gasteiger partial charge in [0.05, 0.1) is 42.4 Å². The minimum Gasteiger partial charge on any atom is -0.443 e. The molecule has 5 atom stereocenters. The third-order valence-electron chi connectivity index (χ3n) is 8.47. The summed E-state index contributed by atoms with van der Waals surface area (Å²) < 4.78 is 71.5. The maximum atomic E-state index is 14.0. The van der Waals surface area contributed by atoms with Crippen LogP contribution in [0.2, 0.25) is 0 Å². The van der Waals surface area contributed by atoms with Gasteiger partial charge in [0, 0.05) is 25.3 Å². The van der Waals surface area contributed by atoms with Gasteiger partial charge < -0.3 is 30.4 Å². The fourth-order valence-electron chi connectivity index (χ4n) is 5.94. The van der Waals surface area contributed by atoms with Crippen molar-refractivity contribution in [3.8, 4) is 0 Å². The lowest BCUT2D eigenvalue weighted by Crippen LogP contribution is -2.52. The third kappa shape index (κ3) is 11.1. The highest BCUT2D eigenvalue weighted by Gasteiger charge is 2.44. The van der Waals surface area contributed by atoms with Crippen molar-refractivity contribution in [1.29, 1.82) is 0 Å². The topological polar surface area (TPSA) is 187 Å². The maximum absolute atomic E-state index is 14.0. The van der Waals surface area contributed by atoms with Crippen molar-refractivity contribution in [2.75, 3.05) is 44.8 Å². The predicted octanol–water partition coefficient (Wildman–Crippen LogP) is 2.47. The van der Waals surface area contributed by atoms with E-state index in [1.807, 2.05) is 44.2 Å². The van der Waals surface area contributed by atoms with Gasteiger partial charge in [-0.25, -0.2) is 26.4 Å². The van der Waals surface area contributed by atoms with Gasteiger partial charge in [-0.15, -0.1) is 0 Å². The Kier molecular flexibility index (Phi) is 12.7. The van der Waals surface area contributed by atoms with Gasteiger partial charge in [-0.1, -0.05) is 50.6 Å². The maximum Gasteiger partial charge on any atom is 0.407 e. The molecule has 0 radical (unpaired) electrons. The fraction of sp³-hybridized carbons (Fsp3) is 0.594. The first-order valence-corrected chi connectivity index (χ1v) is 19.2. The summed E-state index contributed by atoms with van der Waals surface area (Å²) in [5.74, 6) is -0.0665. The summed E-state index contributed by atoms with van der Waals surface area (Å²) in [5.41, 5.74) is 6.52. The van der Waals surface area contributed by atoms with Gasteiger partial charge in [0.15, 0.2) is 6.29 Å². The molecule has 2 fully saturated rings. The molecule has 0 saturated carbocycles. The zero-order chi connectivity index (χ0) is 34.2. The number of nitrogens with two attached hydrogens (primary N) is 1. The number of nitrogens with one attached hydrogen (secondary N) is 2. The van der Waals surface area contributed by atoms with Crippen molar-refractivity contribution in [1.82, 2.24) is 14.3 Å². The SMILES string of the molecule is CC(C)(CCCCNS(C)(=O)=O)CN(C[C@@H](O)[C@H](Cc1ccccc1)NC(=O)O[C@H]1CO[C@H]2OCC[C@H]21)S(=O)(=O)c1ccc(N)cc1. The lowest BCUT2D eigenvalue weighted by atomic mass is 9.87. The van der Waals surface area contributed by atoms with Crippen molar-refractivity contribution in [2.45, 2.75) is 75.4 Å². The molecule has 4 rings (SSSR count). The van der Waals surface area contributed by atoms with Gasteiger partial charge >= 0.3 is 6.09 Å². The molecule has 2 aliphatic heterocycles. The number of alkyl carbamates (subject to hydrolysis) is 1. The van der Waals surface area contributed by atoms with Gasteiger partial charge in [0.1, 0.15) is 6.10 Å². The van der Waals surface area contributed by atoms with E-state index in [9.17, 15) is 26.7 Å². The van der Waals surface area contributed by atoms with Crippen LogP contribution in [0.15, 0.2) is 59.5 Å². The minimum atomic E-state index is -4.11. The van der Waals surface area contributed by atoms with Crippen LogP contribution >= 0.6 is 0 Å². The number of fused-ring (bicyclic) bond motifs is 1. The predicted molar refractivity (Wildman–Crippen MR) is 177 cm³/mol. The molecule has 0 aromatic heterocycles. The van der Waals surface area contributed by atoms with Gasteiger partial charge in [-0.2, -0.15) is 4.31 Å². The Morgan fingerprint density at radius 3 is 2.47 bits per heavy atom.